The minimum atomic E-state index is -0.575. The Balaban J connectivity index is 1.94. The number of hydrogen-bond acceptors (Lipinski definition) is 4. The first-order valence-corrected chi connectivity index (χ1v) is 6.57. The van der Waals surface area contributed by atoms with Gasteiger partial charge in [-0.25, -0.2) is 4.39 Å². The number of halogens is 2. The Kier molecular flexibility index (Phi) is 4.90. The molecule has 22 heavy (non-hydrogen) atoms. The minimum Gasteiger partial charge on any atom is -0.376 e. The van der Waals surface area contributed by atoms with E-state index in [2.05, 4.69) is 10.6 Å². The number of nitro groups is 1. The fraction of sp³-hybridized carbons (Fsp3) is 0.0714. The van der Waals surface area contributed by atoms with Gasteiger partial charge in [0, 0.05) is 23.5 Å². The number of nitrogens with zero attached hydrogens (tertiary/aromatic N) is 1. The summed E-state index contributed by atoms with van der Waals surface area (Å²) >= 11 is 5.61. The average molecular weight is 324 g/mol. The van der Waals surface area contributed by atoms with Crippen LogP contribution in [0, 0.1) is 15.9 Å². The van der Waals surface area contributed by atoms with E-state index in [9.17, 15) is 19.3 Å². The standard InChI is InChI=1S/C14H11ClFN3O3/c15-12-7-10(4-5-13(12)16)18-14(20)8-17-9-2-1-3-11(6-9)19(21)22/h1-7,17H,8H2,(H,18,20). The van der Waals surface area contributed by atoms with E-state index in [0.717, 1.165) is 6.07 Å². The summed E-state index contributed by atoms with van der Waals surface area (Å²) in [4.78, 5) is 21.9. The molecule has 2 aromatic carbocycles. The van der Waals surface area contributed by atoms with Crippen LogP contribution in [0.4, 0.5) is 21.5 Å². The highest BCUT2D eigenvalue weighted by atomic mass is 35.5. The first-order chi connectivity index (χ1) is 10.5. The van der Waals surface area contributed by atoms with Crippen molar-refractivity contribution in [1.29, 1.82) is 0 Å². The van der Waals surface area contributed by atoms with Gasteiger partial charge >= 0.3 is 0 Å². The number of carbonyl (C=O) groups excluding carboxylic acids is 1. The van der Waals surface area contributed by atoms with Crippen LogP contribution in [0.5, 0.6) is 0 Å². The Hall–Kier alpha value is -2.67. The summed E-state index contributed by atoms with van der Waals surface area (Å²) in [6.45, 7) is -0.101. The zero-order valence-electron chi connectivity index (χ0n) is 11.2. The second kappa shape index (κ2) is 6.86. The summed E-state index contributed by atoms with van der Waals surface area (Å²) in [6, 6.07) is 9.61. The third-order valence-electron chi connectivity index (χ3n) is 2.71. The third kappa shape index (κ3) is 4.16. The fourth-order valence-electron chi connectivity index (χ4n) is 1.69. The Bertz CT molecular complexity index is 724. The molecule has 0 bridgehead atoms. The molecule has 1 amide bonds. The molecule has 0 aromatic heterocycles. The molecule has 0 atom stereocenters. The SMILES string of the molecule is O=C(CNc1cccc([N+](=O)[O-])c1)Nc1ccc(F)c(Cl)c1. The van der Waals surface area contributed by atoms with Gasteiger partial charge in [-0.05, 0) is 24.3 Å². The van der Waals surface area contributed by atoms with Crippen LogP contribution in [0.25, 0.3) is 0 Å². The molecule has 114 valence electrons. The van der Waals surface area contributed by atoms with E-state index in [4.69, 9.17) is 11.6 Å². The number of amides is 1. The number of nitrogens with one attached hydrogen (secondary N) is 2. The maximum atomic E-state index is 13.0. The summed E-state index contributed by atoms with van der Waals surface area (Å²) in [5.74, 6) is -0.969. The molecule has 0 fully saturated rings. The molecule has 0 aliphatic heterocycles. The maximum Gasteiger partial charge on any atom is 0.271 e. The normalized spacial score (nSPS) is 10.1. The molecule has 0 heterocycles. The van der Waals surface area contributed by atoms with Crippen molar-refractivity contribution < 1.29 is 14.1 Å². The Labute approximate surface area is 130 Å². The first kappa shape index (κ1) is 15.7. The molecule has 0 saturated heterocycles. The van der Waals surface area contributed by atoms with Crippen LogP contribution in [0.15, 0.2) is 42.5 Å². The average Bonchev–Trinajstić information content (AvgIpc) is 2.49. The van der Waals surface area contributed by atoms with Gasteiger partial charge in [-0.3, -0.25) is 14.9 Å². The monoisotopic (exact) mass is 323 g/mol. The van der Waals surface area contributed by atoms with E-state index in [1.165, 1.54) is 30.3 Å². The number of rotatable bonds is 5. The topological polar surface area (TPSA) is 84.3 Å². The first-order valence-electron chi connectivity index (χ1n) is 6.19. The van der Waals surface area contributed by atoms with Crippen LogP contribution in [-0.4, -0.2) is 17.4 Å². The minimum absolute atomic E-state index is 0.0734. The second-order valence-corrected chi connectivity index (χ2v) is 4.75. The summed E-state index contributed by atoms with van der Waals surface area (Å²) < 4.78 is 13.0. The van der Waals surface area contributed by atoms with E-state index < -0.39 is 16.6 Å². The zero-order chi connectivity index (χ0) is 16.1. The molecule has 0 aliphatic rings. The molecule has 0 saturated carbocycles. The van der Waals surface area contributed by atoms with E-state index in [1.54, 1.807) is 6.07 Å². The van der Waals surface area contributed by atoms with Gasteiger partial charge in [-0.2, -0.15) is 0 Å². The maximum absolute atomic E-state index is 13.0. The Morgan fingerprint density at radius 1 is 1.23 bits per heavy atom. The highest BCUT2D eigenvalue weighted by Gasteiger charge is 2.08. The lowest BCUT2D eigenvalue weighted by Gasteiger charge is -2.08. The molecule has 0 radical (unpaired) electrons. The highest BCUT2D eigenvalue weighted by molar-refractivity contribution is 6.31. The van der Waals surface area contributed by atoms with Crippen LogP contribution >= 0.6 is 11.6 Å². The van der Waals surface area contributed by atoms with Crippen LogP contribution in [0.1, 0.15) is 0 Å². The van der Waals surface area contributed by atoms with Crippen molar-refractivity contribution in [2.24, 2.45) is 0 Å². The predicted molar refractivity (Wildman–Crippen MR) is 81.6 cm³/mol. The number of benzene rings is 2. The summed E-state index contributed by atoms with van der Waals surface area (Å²) in [5, 5.41) is 15.8. The Morgan fingerprint density at radius 2 is 2.00 bits per heavy atom. The van der Waals surface area contributed by atoms with Gasteiger partial charge in [0.1, 0.15) is 5.82 Å². The van der Waals surface area contributed by atoms with Crippen LogP contribution in [0.3, 0.4) is 0 Å². The predicted octanol–water partition coefficient (Wildman–Crippen LogP) is 3.44. The molecule has 2 N–H and O–H groups in total. The molecular weight excluding hydrogens is 313 g/mol. The number of non-ortho nitro benzene ring substituents is 1. The lowest BCUT2D eigenvalue weighted by atomic mass is 10.3. The molecule has 6 nitrogen and oxygen atoms in total. The van der Waals surface area contributed by atoms with Crippen molar-refractivity contribution in [1.82, 2.24) is 0 Å². The summed E-state index contributed by atoms with van der Waals surface area (Å²) in [7, 11) is 0. The van der Waals surface area contributed by atoms with E-state index >= 15 is 0 Å². The quantitative estimate of drug-likeness (QED) is 0.652. The van der Waals surface area contributed by atoms with Crippen molar-refractivity contribution in [3.8, 4) is 0 Å². The summed E-state index contributed by atoms with van der Waals surface area (Å²) in [6.07, 6.45) is 0. The van der Waals surface area contributed by atoms with Gasteiger partial charge < -0.3 is 10.6 Å². The Morgan fingerprint density at radius 3 is 2.68 bits per heavy atom. The van der Waals surface area contributed by atoms with Crippen molar-refractivity contribution in [3.05, 3.63) is 63.4 Å². The number of nitro benzene ring substituents is 1. The molecule has 0 aliphatic carbocycles. The number of hydrogen-bond donors (Lipinski definition) is 2. The van der Waals surface area contributed by atoms with Crippen LogP contribution in [0.2, 0.25) is 5.02 Å². The molecule has 8 heteroatoms. The van der Waals surface area contributed by atoms with Crippen molar-refractivity contribution in [2.45, 2.75) is 0 Å². The third-order valence-corrected chi connectivity index (χ3v) is 3.00. The van der Waals surface area contributed by atoms with E-state index in [0.29, 0.717) is 11.4 Å². The number of carbonyl (C=O) groups is 1. The van der Waals surface area contributed by atoms with E-state index in [-0.39, 0.29) is 17.3 Å². The van der Waals surface area contributed by atoms with Crippen molar-refractivity contribution >= 4 is 34.6 Å². The van der Waals surface area contributed by atoms with Gasteiger partial charge in [0.05, 0.1) is 16.5 Å². The van der Waals surface area contributed by atoms with Crippen molar-refractivity contribution in [3.63, 3.8) is 0 Å². The highest BCUT2D eigenvalue weighted by Crippen LogP contribution is 2.19. The zero-order valence-corrected chi connectivity index (χ0v) is 11.9. The molecule has 0 unspecified atom stereocenters. The molecular formula is C14H11ClFN3O3. The van der Waals surface area contributed by atoms with Crippen molar-refractivity contribution in [2.75, 3.05) is 17.2 Å². The van der Waals surface area contributed by atoms with E-state index in [1.807, 2.05) is 0 Å². The van der Waals surface area contributed by atoms with Crippen LogP contribution < -0.4 is 10.6 Å². The van der Waals surface area contributed by atoms with Gasteiger partial charge in [0.25, 0.3) is 5.69 Å². The molecule has 2 rings (SSSR count). The van der Waals surface area contributed by atoms with Crippen LogP contribution in [-0.2, 0) is 4.79 Å². The summed E-state index contributed by atoms with van der Waals surface area (Å²) in [5.41, 5.74) is 0.731. The molecule has 2 aromatic rings. The van der Waals surface area contributed by atoms with Gasteiger partial charge in [0.2, 0.25) is 5.91 Å². The second-order valence-electron chi connectivity index (χ2n) is 4.34. The van der Waals surface area contributed by atoms with Gasteiger partial charge in [-0.15, -0.1) is 0 Å². The largest absolute Gasteiger partial charge is 0.376 e. The van der Waals surface area contributed by atoms with Gasteiger partial charge in [-0.1, -0.05) is 17.7 Å². The lowest BCUT2D eigenvalue weighted by Crippen LogP contribution is -2.21. The molecule has 0 spiro atoms. The number of anilines is 2. The smallest absolute Gasteiger partial charge is 0.271 e. The van der Waals surface area contributed by atoms with Gasteiger partial charge in [0.15, 0.2) is 0 Å². The fourth-order valence-corrected chi connectivity index (χ4v) is 1.87. The lowest BCUT2D eigenvalue weighted by molar-refractivity contribution is -0.384.